The zero-order chi connectivity index (χ0) is 38.2. The van der Waals surface area contributed by atoms with Crippen LogP contribution in [0.1, 0.15) is 0 Å². The molecule has 0 aliphatic rings. The summed E-state index contributed by atoms with van der Waals surface area (Å²) in [6.45, 7) is 0. The summed E-state index contributed by atoms with van der Waals surface area (Å²) in [5.41, 5.74) is 8.76. The lowest BCUT2D eigenvalue weighted by molar-refractivity contribution is 0.620. The second-order valence-corrected chi connectivity index (χ2v) is 14.6. The van der Waals surface area contributed by atoms with Gasteiger partial charge in [-0.3, -0.25) is 0 Å². The van der Waals surface area contributed by atoms with E-state index in [-0.39, 0.29) is 0 Å². The first-order valence-corrected chi connectivity index (χ1v) is 19.3. The van der Waals surface area contributed by atoms with Crippen molar-refractivity contribution in [3.8, 4) is 56.7 Å². The average molecular weight is 743 g/mol. The summed E-state index contributed by atoms with van der Waals surface area (Å²) in [5.74, 6) is 2.40. The Morgan fingerprint density at radius 2 is 0.948 bits per heavy atom. The van der Waals surface area contributed by atoms with Gasteiger partial charge in [0.15, 0.2) is 34.2 Å². The Morgan fingerprint density at radius 1 is 0.328 bits per heavy atom. The third-order valence-electron chi connectivity index (χ3n) is 11.2. The van der Waals surface area contributed by atoms with Crippen LogP contribution >= 0.6 is 0 Å². The van der Waals surface area contributed by atoms with Gasteiger partial charge in [0.25, 0.3) is 0 Å². The molecule has 270 valence electrons. The number of fused-ring (bicyclic) bond motifs is 9. The van der Waals surface area contributed by atoms with E-state index in [0.29, 0.717) is 34.5 Å². The minimum atomic E-state index is 0.541. The van der Waals surface area contributed by atoms with Gasteiger partial charge in [-0.2, -0.15) is 0 Å². The molecule has 0 N–H and O–H groups in total. The Hall–Kier alpha value is -7.96. The molecule has 9 aromatic carbocycles. The van der Waals surface area contributed by atoms with Crippen LogP contribution in [0, 0.1) is 0 Å². The van der Waals surface area contributed by atoms with Crippen LogP contribution in [0.15, 0.2) is 191 Å². The molecule has 0 fully saturated rings. The first-order chi connectivity index (χ1) is 28.7. The summed E-state index contributed by atoms with van der Waals surface area (Å²) in [6, 6.07) is 62.5. The average Bonchev–Trinajstić information content (AvgIpc) is 3.91. The van der Waals surface area contributed by atoms with Crippen LogP contribution in [0.2, 0.25) is 0 Å². The highest BCUT2D eigenvalue weighted by Crippen LogP contribution is 2.43. The molecule has 12 rings (SSSR count). The van der Waals surface area contributed by atoms with Crippen molar-refractivity contribution in [2.24, 2.45) is 0 Å². The fourth-order valence-electron chi connectivity index (χ4n) is 8.42. The van der Waals surface area contributed by atoms with Crippen molar-refractivity contribution in [1.82, 2.24) is 19.9 Å². The summed E-state index contributed by atoms with van der Waals surface area (Å²) in [4.78, 5) is 20.4. The second-order valence-electron chi connectivity index (χ2n) is 14.6. The molecule has 3 aromatic heterocycles. The second kappa shape index (κ2) is 12.8. The molecule has 0 bridgehead atoms. The molecule has 0 saturated carbocycles. The van der Waals surface area contributed by atoms with Crippen molar-refractivity contribution < 1.29 is 8.83 Å². The Kier molecular flexibility index (Phi) is 7.13. The van der Waals surface area contributed by atoms with Crippen LogP contribution in [0.5, 0.6) is 0 Å². The molecule has 0 unspecified atom stereocenters. The van der Waals surface area contributed by atoms with Crippen LogP contribution in [-0.2, 0) is 0 Å². The summed E-state index contributed by atoms with van der Waals surface area (Å²) >= 11 is 0. The normalized spacial score (nSPS) is 11.8. The van der Waals surface area contributed by atoms with Crippen molar-refractivity contribution >= 4 is 65.4 Å². The van der Waals surface area contributed by atoms with Crippen molar-refractivity contribution in [2.75, 3.05) is 0 Å². The fourth-order valence-corrected chi connectivity index (χ4v) is 8.42. The monoisotopic (exact) mass is 742 g/mol. The van der Waals surface area contributed by atoms with E-state index in [1.165, 1.54) is 0 Å². The highest BCUT2D eigenvalue weighted by Gasteiger charge is 2.21. The molecule has 6 heteroatoms. The third kappa shape index (κ3) is 5.12. The van der Waals surface area contributed by atoms with Gasteiger partial charge in [-0.25, -0.2) is 19.9 Å². The lowest BCUT2D eigenvalue weighted by atomic mass is 9.89. The van der Waals surface area contributed by atoms with Crippen LogP contribution in [-0.4, -0.2) is 19.9 Å². The van der Waals surface area contributed by atoms with E-state index in [4.69, 9.17) is 28.8 Å². The molecule has 0 radical (unpaired) electrons. The number of nitrogens with zero attached hydrogens (tertiary/aromatic N) is 4. The maximum absolute atomic E-state index is 6.59. The lowest BCUT2D eigenvalue weighted by Crippen LogP contribution is -2.01. The summed E-state index contributed by atoms with van der Waals surface area (Å²) < 4.78 is 13.0. The maximum Gasteiger partial charge on any atom is 0.228 e. The van der Waals surface area contributed by atoms with Crippen molar-refractivity contribution in [2.45, 2.75) is 0 Å². The van der Waals surface area contributed by atoms with Gasteiger partial charge in [0.05, 0.1) is 0 Å². The Balaban J connectivity index is 1.10. The van der Waals surface area contributed by atoms with Gasteiger partial charge in [0.1, 0.15) is 5.58 Å². The zero-order valence-corrected chi connectivity index (χ0v) is 30.9. The Bertz CT molecular complexity index is 3510. The first kappa shape index (κ1) is 32.3. The summed E-state index contributed by atoms with van der Waals surface area (Å²) in [7, 11) is 0. The fraction of sp³-hybridized carbons (Fsp3) is 0. The highest BCUT2D eigenvalue weighted by molar-refractivity contribution is 6.19. The van der Waals surface area contributed by atoms with Gasteiger partial charge in [-0.1, -0.05) is 146 Å². The molecular formula is C52H30N4O2. The van der Waals surface area contributed by atoms with Gasteiger partial charge < -0.3 is 8.83 Å². The molecule has 0 amide bonds. The molecule has 3 heterocycles. The molecule has 58 heavy (non-hydrogen) atoms. The number of hydrogen-bond donors (Lipinski definition) is 0. The summed E-state index contributed by atoms with van der Waals surface area (Å²) in [5, 5.41) is 8.66. The minimum Gasteiger partial charge on any atom is -0.454 e. The predicted octanol–water partition coefficient (Wildman–Crippen LogP) is 13.7. The predicted molar refractivity (Wildman–Crippen MR) is 234 cm³/mol. The molecule has 0 aliphatic carbocycles. The minimum absolute atomic E-state index is 0.541. The molecular weight excluding hydrogens is 713 g/mol. The molecule has 6 nitrogen and oxygen atoms in total. The van der Waals surface area contributed by atoms with E-state index >= 15 is 0 Å². The Labute approximate surface area is 331 Å². The van der Waals surface area contributed by atoms with Gasteiger partial charge in [-0.15, -0.1) is 0 Å². The topological polar surface area (TPSA) is 77.8 Å². The van der Waals surface area contributed by atoms with Crippen LogP contribution in [0.3, 0.4) is 0 Å². The van der Waals surface area contributed by atoms with Crippen molar-refractivity contribution in [1.29, 1.82) is 0 Å². The summed E-state index contributed by atoms with van der Waals surface area (Å²) in [6.07, 6.45) is 0. The molecule has 0 saturated heterocycles. The quantitative estimate of drug-likeness (QED) is 0.163. The highest BCUT2D eigenvalue weighted by atomic mass is 16.4. The molecule has 0 spiro atoms. The lowest BCUT2D eigenvalue weighted by Gasteiger charge is -2.16. The SMILES string of the molecule is c1ccc(-c2nc(-c3ccccc3)nc(-c3ccc(-c4cc(-c5nc6c(ccc7c8ccccc8oc76)o5)c5ccccc5c4)c4c3ccc3ccccc34)n2)cc1. The van der Waals surface area contributed by atoms with E-state index < -0.39 is 0 Å². The number of furan rings is 1. The number of hydrogen-bond acceptors (Lipinski definition) is 6. The van der Waals surface area contributed by atoms with E-state index in [2.05, 4.69) is 97.1 Å². The van der Waals surface area contributed by atoms with Crippen LogP contribution in [0.25, 0.3) is 122 Å². The van der Waals surface area contributed by atoms with Gasteiger partial charge >= 0.3 is 0 Å². The van der Waals surface area contributed by atoms with Gasteiger partial charge in [0.2, 0.25) is 5.89 Å². The number of oxazole rings is 1. The van der Waals surface area contributed by atoms with E-state index in [0.717, 1.165) is 87.6 Å². The molecule has 0 atom stereocenters. The van der Waals surface area contributed by atoms with Crippen molar-refractivity contribution in [3.05, 3.63) is 182 Å². The van der Waals surface area contributed by atoms with Crippen LogP contribution < -0.4 is 0 Å². The van der Waals surface area contributed by atoms with E-state index in [1.807, 2.05) is 84.9 Å². The number of benzene rings is 9. The first-order valence-electron chi connectivity index (χ1n) is 19.3. The van der Waals surface area contributed by atoms with E-state index in [1.54, 1.807) is 0 Å². The zero-order valence-electron chi connectivity index (χ0n) is 30.9. The number of rotatable bonds is 5. The largest absolute Gasteiger partial charge is 0.454 e. The van der Waals surface area contributed by atoms with Crippen LogP contribution in [0.4, 0.5) is 0 Å². The molecule has 0 aliphatic heterocycles. The maximum atomic E-state index is 6.59. The third-order valence-corrected chi connectivity index (χ3v) is 11.2. The van der Waals surface area contributed by atoms with E-state index in [9.17, 15) is 0 Å². The van der Waals surface area contributed by atoms with Gasteiger partial charge in [-0.05, 0) is 79.8 Å². The Morgan fingerprint density at radius 3 is 1.72 bits per heavy atom. The smallest absolute Gasteiger partial charge is 0.228 e. The number of para-hydroxylation sites is 1. The number of aromatic nitrogens is 4. The van der Waals surface area contributed by atoms with Crippen molar-refractivity contribution in [3.63, 3.8) is 0 Å². The van der Waals surface area contributed by atoms with Gasteiger partial charge in [0, 0.05) is 33.0 Å². The molecule has 12 aromatic rings. The standard InChI is InChI=1S/C52H30N4O2/c1-3-14-32(15-4-1)49-54-50(33-16-5-2-6-17-33)56-51(55-49)42-26-25-38(46-37-20-10-7-13-31(37)23-24-40(42)46)35-29-34-18-8-9-19-36(34)43(30-35)52-53-47-45(58-52)28-27-41-39-21-11-12-22-44(39)57-48(41)47/h1-30H.